The quantitative estimate of drug-likeness (QED) is 0.671. The van der Waals surface area contributed by atoms with Gasteiger partial charge in [0.05, 0.1) is 6.04 Å². The van der Waals surface area contributed by atoms with Crippen molar-refractivity contribution in [3.8, 4) is 0 Å². The monoisotopic (exact) mass is 197 g/mol. The lowest BCUT2D eigenvalue weighted by Gasteiger charge is -2.18. The van der Waals surface area contributed by atoms with Crippen molar-refractivity contribution in [2.45, 2.75) is 18.9 Å². The Morgan fingerprint density at radius 2 is 2.43 bits per heavy atom. The van der Waals surface area contributed by atoms with E-state index in [-0.39, 0.29) is 11.7 Å². The molecule has 1 N–H and O–H groups in total. The fourth-order valence-corrected chi connectivity index (χ4v) is 1.42. The van der Waals surface area contributed by atoms with E-state index in [4.69, 9.17) is 0 Å². The van der Waals surface area contributed by atoms with Gasteiger partial charge < -0.3 is 10.1 Å². The Kier molecular flexibility index (Phi) is 4.04. The predicted octanol–water partition coefficient (Wildman–Crippen LogP) is 1.12. The summed E-state index contributed by atoms with van der Waals surface area (Å²) in [7, 11) is 0. The maximum Gasteiger partial charge on any atom is 0.207 e. The van der Waals surface area contributed by atoms with Crippen LogP contribution in [-0.2, 0) is 9.59 Å². The van der Waals surface area contributed by atoms with E-state index in [2.05, 4.69) is 5.32 Å². The highest BCUT2D eigenvalue weighted by Crippen LogP contribution is 2.25. The second-order valence-electron chi connectivity index (χ2n) is 3.18. The van der Waals surface area contributed by atoms with E-state index >= 15 is 0 Å². The van der Waals surface area contributed by atoms with Crippen LogP contribution in [0.2, 0.25) is 0 Å². The Balaban J connectivity index is 2.50. The van der Waals surface area contributed by atoms with E-state index in [1.807, 2.05) is 6.08 Å². The molecule has 0 aromatic heterocycles. The zero-order chi connectivity index (χ0) is 10.4. The lowest BCUT2D eigenvalue weighted by Crippen LogP contribution is -2.31. The van der Waals surface area contributed by atoms with Gasteiger partial charge in [0.15, 0.2) is 0 Å². The molecule has 14 heavy (non-hydrogen) atoms. The molecule has 0 heterocycles. The Bertz CT molecular complexity index is 273. The Labute approximate surface area is 81.7 Å². The van der Waals surface area contributed by atoms with Crippen molar-refractivity contribution >= 4 is 12.7 Å². The van der Waals surface area contributed by atoms with E-state index < -0.39 is 6.04 Å². The number of allylic oxidation sites excluding steroid dienone is 4. The number of amides is 1. The standard InChI is InChI=1S/C10H12FNO2/c11-10-4-2-1-3-8(10)5-9(6-13)12-7-14/h1-2,4,6-9H,3,5H2,(H,12,14). The average Bonchev–Trinajstić information content (AvgIpc) is 2.20. The van der Waals surface area contributed by atoms with Crippen molar-refractivity contribution in [3.05, 3.63) is 24.1 Å². The first kappa shape index (κ1) is 10.6. The molecule has 0 aromatic carbocycles. The van der Waals surface area contributed by atoms with E-state index in [1.54, 1.807) is 6.08 Å². The minimum atomic E-state index is -0.594. The number of hydrogen-bond donors (Lipinski definition) is 1. The fourth-order valence-electron chi connectivity index (χ4n) is 1.42. The molecule has 2 unspecified atom stereocenters. The molecule has 1 amide bonds. The maximum atomic E-state index is 13.2. The summed E-state index contributed by atoms with van der Waals surface area (Å²) in [5, 5.41) is 2.33. The predicted molar refractivity (Wildman–Crippen MR) is 50.1 cm³/mol. The minimum Gasteiger partial charge on any atom is -0.349 e. The largest absolute Gasteiger partial charge is 0.349 e. The highest BCUT2D eigenvalue weighted by Gasteiger charge is 2.19. The topological polar surface area (TPSA) is 46.2 Å². The Morgan fingerprint density at radius 3 is 3.00 bits per heavy atom. The summed E-state index contributed by atoms with van der Waals surface area (Å²) in [6.45, 7) is 0. The van der Waals surface area contributed by atoms with Crippen LogP contribution in [0, 0.1) is 5.92 Å². The summed E-state index contributed by atoms with van der Waals surface area (Å²) in [5.41, 5.74) is 0. The number of nitrogens with one attached hydrogen (secondary N) is 1. The fraction of sp³-hybridized carbons (Fsp3) is 0.400. The SMILES string of the molecule is O=CNC(C=O)CC1CC=CC=C1F. The molecule has 1 rings (SSSR count). The molecule has 1 aliphatic carbocycles. The number of halogens is 1. The third-order valence-corrected chi connectivity index (χ3v) is 2.19. The molecule has 1 aliphatic rings. The molecular formula is C10H12FNO2. The molecule has 0 spiro atoms. The molecule has 0 bridgehead atoms. The first-order chi connectivity index (χ1) is 6.77. The summed E-state index contributed by atoms with van der Waals surface area (Å²) in [5.74, 6) is -0.519. The number of carbonyl (C=O) groups excluding carboxylic acids is 2. The summed E-state index contributed by atoms with van der Waals surface area (Å²) in [4.78, 5) is 20.6. The zero-order valence-electron chi connectivity index (χ0n) is 7.65. The van der Waals surface area contributed by atoms with Gasteiger partial charge in [-0.15, -0.1) is 0 Å². The molecule has 0 saturated heterocycles. The van der Waals surface area contributed by atoms with Crippen LogP contribution in [0.25, 0.3) is 0 Å². The molecule has 0 aliphatic heterocycles. The van der Waals surface area contributed by atoms with Crippen LogP contribution in [0.5, 0.6) is 0 Å². The molecule has 0 saturated carbocycles. The van der Waals surface area contributed by atoms with Crippen LogP contribution in [0.4, 0.5) is 4.39 Å². The van der Waals surface area contributed by atoms with E-state index in [0.29, 0.717) is 25.5 Å². The molecule has 0 fully saturated rings. The van der Waals surface area contributed by atoms with Gasteiger partial charge in [-0.2, -0.15) is 0 Å². The highest BCUT2D eigenvalue weighted by atomic mass is 19.1. The van der Waals surface area contributed by atoms with Crippen molar-refractivity contribution in [2.24, 2.45) is 5.92 Å². The lowest BCUT2D eigenvalue weighted by atomic mass is 9.93. The van der Waals surface area contributed by atoms with Crippen LogP contribution < -0.4 is 5.32 Å². The number of hydrogen-bond acceptors (Lipinski definition) is 2. The van der Waals surface area contributed by atoms with Crippen molar-refractivity contribution in [3.63, 3.8) is 0 Å². The number of aldehydes is 1. The third-order valence-electron chi connectivity index (χ3n) is 2.19. The molecule has 2 atom stereocenters. The van der Waals surface area contributed by atoms with Crippen molar-refractivity contribution in [2.75, 3.05) is 0 Å². The van der Waals surface area contributed by atoms with Gasteiger partial charge in [-0.25, -0.2) is 4.39 Å². The number of carbonyl (C=O) groups is 2. The van der Waals surface area contributed by atoms with Crippen molar-refractivity contribution in [1.29, 1.82) is 0 Å². The van der Waals surface area contributed by atoms with E-state index in [1.165, 1.54) is 6.08 Å². The summed E-state index contributed by atoms with van der Waals surface area (Å²) >= 11 is 0. The minimum absolute atomic E-state index is 0.230. The molecule has 0 aromatic rings. The van der Waals surface area contributed by atoms with Crippen LogP contribution >= 0.6 is 0 Å². The summed E-state index contributed by atoms with van der Waals surface area (Å²) in [6.07, 6.45) is 6.85. The third kappa shape index (κ3) is 2.80. The Hall–Kier alpha value is -1.45. The van der Waals surface area contributed by atoms with E-state index in [0.717, 1.165) is 0 Å². The lowest BCUT2D eigenvalue weighted by molar-refractivity contribution is -0.115. The molecular weight excluding hydrogens is 185 g/mol. The van der Waals surface area contributed by atoms with Gasteiger partial charge in [0.1, 0.15) is 12.1 Å². The van der Waals surface area contributed by atoms with Gasteiger partial charge in [0.2, 0.25) is 6.41 Å². The van der Waals surface area contributed by atoms with Gasteiger partial charge >= 0.3 is 0 Å². The van der Waals surface area contributed by atoms with Gasteiger partial charge in [0.25, 0.3) is 0 Å². The first-order valence-electron chi connectivity index (χ1n) is 4.45. The molecule has 3 nitrogen and oxygen atoms in total. The van der Waals surface area contributed by atoms with Crippen molar-refractivity contribution < 1.29 is 14.0 Å². The van der Waals surface area contributed by atoms with Gasteiger partial charge in [-0.05, 0) is 18.9 Å². The molecule has 4 heteroatoms. The first-order valence-corrected chi connectivity index (χ1v) is 4.45. The smallest absolute Gasteiger partial charge is 0.207 e. The average molecular weight is 197 g/mol. The number of rotatable bonds is 5. The second-order valence-corrected chi connectivity index (χ2v) is 3.18. The molecule has 0 radical (unpaired) electrons. The maximum absolute atomic E-state index is 13.2. The van der Waals surface area contributed by atoms with Crippen molar-refractivity contribution in [1.82, 2.24) is 5.32 Å². The zero-order valence-corrected chi connectivity index (χ0v) is 7.65. The van der Waals surface area contributed by atoms with Crippen LogP contribution in [-0.4, -0.2) is 18.7 Å². The summed E-state index contributed by atoms with van der Waals surface area (Å²) in [6, 6.07) is -0.594. The van der Waals surface area contributed by atoms with E-state index in [9.17, 15) is 14.0 Å². The van der Waals surface area contributed by atoms with Crippen LogP contribution in [0.1, 0.15) is 12.8 Å². The molecule has 76 valence electrons. The highest BCUT2D eigenvalue weighted by molar-refractivity contribution is 5.63. The normalized spacial score (nSPS) is 22.4. The van der Waals surface area contributed by atoms with Gasteiger partial charge in [-0.1, -0.05) is 12.2 Å². The van der Waals surface area contributed by atoms with Gasteiger partial charge in [-0.3, -0.25) is 4.79 Å². The van der Waals surface area contributed by atoms with Gasteiger partial charge in [0, 0.05) is 5.92 Å². The van der Waals surface area contributed by atoms with Crippen LogP contribution in [0.15, 0.2) is 24.1 Å². The summed E-state index contributed by atoms with van der Waals surface area (Å²) < 4.78 is 13.2. The second kappa shape index (κ2) is 5.32. The van der Waals surface area contributed by atoms with Crippen LogP contribution in [0.3, 0.4) is 0 Å². The Morgan fingerprint density at radius 1 is 1.64 bits per heavy atom.